The molecule has 1 unspecified atom stereocenters. The Hall–Kier alpha value is -3.19. The maximum Gasteiger partial charge on any atom is 0.434 e. The molecule has 1 aliphatic heterocycles. The van der Waals surface area contributed by atoms with E-state index in [4.69, 9.17) is 17.4 Å². The van der Waals surface area contributed by atoms with E-state index < -0.39 is 55.8 Å². The van der Waals surface area contributed by atoms with E-state index in [1.54, 1.807) is 0 Å². The van der Waals surface area contributed by atoms with Crippen LogP contribution in [0, 0.1) is 20.2 Å². The zero-order valence-corrected chi connectivity index (χ0v) is 13.8. The van der Waals surface area contributed by atoms with Crippen molar-refractivity contribution >= 4 is 28.9 Å². The van der Waals surface area contributed by atoms with Gasteiger partial charge in [-0.05, 0) is 6.07 Å². The molecule has 27 heavy (non-hydrogen) atoms. The Balaban J connectivity index is 2.76. The van der Waals surface area contributed by atoms with Crippen LogP contribution in [0.3, 0.4) is 0 Å². The topological polar surface area (TPSA) is 136 Å². The number of nitro benzene ring substituents is 2. The first kappa shape index (κ1) is 20.1. The molecular formula is C13H9ClF3N5O5. The summed E-state index contributed by atoms with van der Waals surface area (Å²) in [6.07, 6.45) is -6.23. The van der Waals surface area contributed by atoms with Gasteiger partial charge >= 0.3 is 6.18 Å². The number of hydrazine groups is 1. The smallest absolute Gasteiger partial charge is 0.288 e. The van der Waals surface area contributed by atoms with Crippen molar-refractivity contribution in [1.82, 2.24) is 9.91 Å². The van der Waals surface area contributed by atoms with Crippen LogP contribution in [0.25, 0.3) is 0 Å². The normalized spacial score (nSPS) is 18.0. The van der Waals surface area contributed by atoms with E-state index in [-0.39, 0.29) is 5.01 Å². The lowest BCUT2D eigenvalue weighted by Gasteiger charge is -2.41. The molecule has 0 spiro atoms. The van der Waals surface area contributed by atoms with E-state index in [0.717, 1.165) is 18.3 Å². The number of nitro groups is 2. The molecule has 0 radical (unpaired) electrons. The maximum atomic E-state index is 13.3. The van der Waals surface area contributed by atoms with Crippen LogP contribution in [0.15, 0.2) is 41.7 Å². The number of benzene rings is 1. The van der Waals surface area contributed by atoms with Crippen molar-refractivity contribution in [2.24, 2.45) is 5.84 Å². The van der Waals surface area contributed by atoms with Gasteiger partial charge in [-0.1, -0.05) is 18.2 Å². The molecule has 0 aliphatic carbocycles. The lowest BCUT2D eigenvalue weighted by molar-refractivity contribution is -0.395. The number of carbonyl (C=O) groups is 1. The second kappa shape index (κ2) is 6.85. The van der Waals surface area contributed by atoms with Crippen LogP contribution in [0.4, 0.5) is 24.5 Å². The Morgan fingerprint density at radius 2 is 1.85 bits per heavy atom. The molecular weight excluding hydrogens is 399 g/mol. The van der Waals surface area contributed by atoms with Gasteiger partial charge in [-0.25, -0.2) is 5.84 Å². The van der Waals surface area contributed by atoms with Gasteiger partial charge in [-0.15, -0.1) is 0 Å². The maximum absolute atomic E-state index is 13.3. The molecule has 1 aromatic rings. The third kappa shape index (κ3) is 3.41. The molecule has 2 rings (SSSR count). The van der Waals surface area contributed by atoms with Gasteiger partial charge < -0.3 is 0 Å². The Kier molecular flexibility index (Phi) is 5.10. The van der Waals surface area contributed by atoms with Gasteiger partial charge in [0, 0.05) is 12.3 Å². The van der Waals surface area contributed by atoms with Gasteiger partial charge in [-0.3, -0.25) is 34.9 Å². The summed E-state index contributed by atoms with van der Waals surface area (Å²) in [5.41, 5.74) is -3.81. The minimum absolute atomic E-state index is 0.0274. The second-order valence-electron chi connectivity index (χ2n) is 5.09. The molecule has 1 amide bonds. The number of alkyl halides is 3. The molecule has 1 aromatic carbocycles. The number of nitrogens with zero attached hydrogens (tertiary/aromatic N) is 4. The Morgan fingerprint density at radius 1 is 1.26 bits per heavy atom. The summed E-state index contributed by atoms with van der Waals surface area (Å²) < 4.78 is 39.8. The van der Waals surface area contributed by atoms with Crippen molar-refractivity contribution in [2.45, 2.75) is 12.3 Å². The first-order valence-electron chi connectivity index (χ1n) is 6.80. The summed E-state index contributed by atoms with van der Waals surface area (Å²) in [7, 11) is 0. The summed E-state index contributed by atoms with van der Waals surface area (Å²) in [5.74, 6) is 4.15. The predicted molar refractivity (Wildman–Crippen MR) is 84.5 cm³/mol. The summed E-state index contributed by atoms with van der Waals surface area (Å²) in [6, 6.07) is 2.20. The summed E-state index contributed by atoms with van der Waals surface area (Å²) in [4.78, 5) is 32.9. The Labute approximate surface area is 153 Å². The highest BCUT2D eigenvalue weighted by Gasteiger charge is 2.50. The fourth-order valence-electron chi connectivity index (χ4n) is 2.47. The number of allylic oxidation sites excluding steroid dienone is 1. The largest absolute Gasteiger partial charge is 0.434 e. The molecule has 10 nitrogen and oxygen atoms in total. The van der Waals surface area contributed by atoms with Crippen LogP contribution in [-0.4, -0.2) is 31.8 Å². The average molecular weight is 408 g/mol. The second-order valence-corrected chi connectivity index (χ2v) is 5.47. The number of halogens is 4. The molecule has 1 aliphatic rings. The van der Waals surface area contributed by atoms with Gasteiger partial charge in [0.1, 0.15) is 5.03 Å². The third-order valence-electron chi connectivity index (χ3n) is 3.58. The molecule has 1 atom stereocenters. The van der Waals surface area contributed by atoms with Crippen LogP contribution in [-0.2, 0) is 4.79 Å². The zero-order valence-electron chi connectivity index (χ0n) is 13.0. The fourth-order valence-corrected chi connectivity index (χ4v) is 2.77. The van der Waals surface area contributed by atoms with Gasteiger partial charge in [0.2, 0.25) is 0 Å². The Morgan fingerprint density at radius 3 is 2.30 bits per heavy atom. The van der Waals surface area contributed by atoms with Gasteiger partial charge in [-0.2, -0.15) is 13.2 Å². The number of carbonyl (C=O) groups excluding carboxylic acids is 1. The van der Waals surface area contributed by atoms with Crippen molar-refractivity contribution in [1.29, 1.82) is 0 Å². The SMILES string of the molecule is C=CN1C(=O)C(Cl)=C(C(F)(F)F)N(N)C1c1ccc([N+](=O)[O-])cc1[N+](=O)[O-]. The van der Waals surface area contributed by atoms with Crippen LogP contribution >= 0.6 is 11.6 Å². The summed E-state index contributed by atoms with van der Waals surface area (Å²) in [5, 5.41) is 20.9. The first-order chi connectivity index (χ1) is 12.4. The van der Waals surface area contributed by atoms with Gasteiger partial charge in [0.05, 0.1) is 21.5 Å². The molecule has 144 valence electrons. The Bertz CT molecular complexity index is 888. The van der Waals surface area contributed by atoms with Crippen molar-refractivity contribution in [3.8, 4) is 0 Å². The van der Waals surface area contributed by atoms with E-state index >= 15 is 0 Å². The van der Waals surface area contributed by atoms with Crippen molar-refractivity contribution in [2.75, 3.05) is 0 Å². The summed E-state index contributed by atoms with van der Waals surface area (Å²) >= 11 is 5.48. The highest BCUT2D eigenvalue weighted by Crippen LogP contribution is 2.44. The zero-order chi connectivity index (χ0) is 20.7. The number of rotatable bonds is 4. The number of nitrogens with two attached hydrogens (primary N) is 1. The lowest BCUT2D eigenvalue weighted by atomic mass is 10.0. The standard InChI is InChI=1S/C13H9ClF3N5O5/c1-2-19-11(20(18)10(13(15,16)17)9(14)12(19)23)7-4-3-6(21(24)25)5-8(7)22(26)27/h2-5,11H,1,18H2. The van der Waals surface area contributed by atoms with Gasteiger partial charge in [0.15, 0.2) is 11.9 Å². The number of non-ortho nitro benzene ring substituents is 1. The van der Waals surface area contributed by atoms with Crippen LogP contribution in [0.5, 0.6) is 0 Å². The molecule has 0 aromatic heterocycles. The minimum Gasteiger partial charge on any atom is -0.288 e. The van der Waals surface area contributed by atoms with Crippen molar-refractivity contribution in [3.63, 3.8) is 0 Å². The summed E-state index contributed by atoms with van der Waals surface area (Å²) in [6.45, 7) is 3.27. The van der Waals surface area contributed by atoms with E-state index in [9.17, 15) is 38.2 Å². The number of hydrogen-bond donors (Lipinski definition) is 1. The van der Waals surface area contributed by atoms with E-state index in [2.05, 4.69) is 6.58 Å². The molecule has 14 heteroatoms. The average Bonchev–Trinajstić information content (AvgIpc) is 2.56. The van der Waals surface area contributed by atoms with Crippen molar-refractivity contribution in [3.05, 3.63) is 67.5 Å². The molecule has 0 saturated carbocycles. The highest BCUT2D eigenvalue weighted by molar-refractivity contribution is 6.42. The molecule has 1 heterocycles. The van der Waals surface area contributed by atoms with Crippen LogP contribution in [0.2, 0.25) is 0 Å². The quantitative estimate of drug-likeness (QED) is 0.460. The first-order valence-corrected chi connectivity index (χ1v) is 7.18. The van der Waals surface area contributed by atoms with Crippen molar-refractivity contribution < 1.29 is 27.8 Å². The highest BCUT2D eigenvalue weighted by atomic mass is 35.5. The fraction of sp³-hybridized carbons (Fsp3) is 0.154. The monoisotopic (exact) mass is 407 g/mol. The van der Waals surface area contributed by atoms with E-state index in [1.165, 1.54) is 0 Å². The minimum atomic E-state index is -5.15. The molecule has 0 bridgehead atoms. The van der Waals surface area contributed by atoms with Crippen LogP contribution in [0.1, 0.15) is 11.7 Å². The predicted octanol–water partition coefficient (Wildman–Crippen LogP) is 2.68. The molecule has 2 N–H and O–H groups in total. The van der Waals surface area contributed by atoms with E-state index in [1.807, 2.05) is 0 Å². The molecule has 0 saturated heterocycles. The number of hydrogen-bond acceptors (Lipinski definition) is 7. The van der Waals surface area contributed by atoms with Crippen LogP contribution < -0.4 is 5.84 Å². The third-order valence-corrected chi connectivity index (χ3v) is 3.92. The molecule has 0 fully saturated rings. The lowest BCUT2D eigenvalue weighted by Crippen LogP contribution is -2.52. The number of amides is 1. The van der Waals surface area contributed by atoms with Gasteiger partial charge in [0.25, 0.3) is 17.3 Å². The van der Waals surface area contributed by atoms with E-state index in [0.29, 0.717) is 11.0 Å².